The van der Waals surface area contributed by atoms with E-state index >= 15 is 0 Å². The molecule has 0 radical (unpaired) electrons. The van der Waals surface area contributed by atoms with Crippen molar-refractivity contribution in [1.29, 1.82) is 0 Å². The van der Waals surface area contributed by atoms with Gasteiger partial charge in [-0.1, -0.05) is 11.6 Å². The maximum absolute atomic E-state index is 13.3. The number of hydrogen-bond acceptors (Lipinski definition) is 4. The topological polar surface area (TPSA) is 57.8 Å². The van der Waals surface area contributed by atoms with Crippen LogP contribution in [0.4, 0.5) is 0 Å². The second-order valence-electron chi connectivity index (χ2n) is 7.68. The van der Waals surface area contributed by atoms with Gasteiger partial charge in [0.2, 0.25) is 0 Å². The fraction of sp³-hybridized carbons (Fsp3) is 0.571. The van der Waals surface area contributed by atoms with Crippen LogP contribution in [0.3, 0.4) is 0 Å². The largest absolute Gasteiger partial charge is 0.379 e. The number of H-pyrrole nitrogens is 1. The van der Waals surface area contributed by atoms with Gasteiger partial charge in [0.25, 0.3) is 5.91 Å². The van der Waals surface area contributed by atoms with Crippen molar-refractivity contribution in [2.75, 3.05) is 52.5 Å². The Morgan fingerprint density at radius 1 is 1.19 bits per heavy atom. The Morgan fingerprint density at radius 3 is 2.81 bits per heavy atom. The van der Waals surface area contributed by atoms with Gasteiger partial charge in [-0.15, -0.1) is 0 Å². The number of morpholine rings is 1. The molecule has 3 heterocycles. The highest BCUT2D eigenvalue weighted by Gasteiger charge is 2.27. The van der Waals surface area contributed by atoms with Crippen LogP contribution in [0.25, 0.3) is 10.9 Å². The molecule has 1 aromatic heterocycles. The molecule has 1 N–H and O–H groups in total. The normalized spacial score (nSPS) is 22.1. The molecule has 6 nitrogen and oxygen atoms in total. The molecule has 2 aliphatic rings. The first kappa shape index (κ1) is 18.5. The van der Waals surface area contributed by atoms with Gasteiger partial charge >= 0.3 is 0 Å². The zero-order valence-electron chi connectivity index (χ0n) is 16.3. The van der Waals surface area contributed by atoms with E-state index in [1.165, 1.54) is 5.56 Å². The van der Waals surface area contributed by atoms with E-state index in [0.29, 0.717) is 18.8 Å². The summed E-state index contributed by atoms with van der Waals surface area (Å²) < 4.78 is 11.5. The van der Waals surface area contributed by atoms with E-state index in [0.717, 1.165) is 62.3 Å². The second kappa shape index (κ2) is 8.00. The molecule has 0 unspecified atom stereocenters. The predicted molar refractivity (Wildman–Crippen MR) is 105 cm³/mol. The summed E-state index contributed by atoms with van der Waals surface area (Å²) in [5.74, 6) is 0.0823. The molecular formula is C21H29N3O3. The lowest BCUT2D eigenvalue weighted by molar-refractivity contribution is -0.0112. The maximum Gasteiger partial charge on any atom is 0.270 e. The highest BCUT2D eigenvalue weighted by atomic mass is 16.5. The van der Waals surface area contributed by atoms with E-state index in [-0.39, 0.29) is 12.0 Å². The van der Waals surface area contributed by atoms with Crippen LogP contribution >= 0.6 is 0 Å². The monoisotopic (exact) mass is 371 g/mol. The zero-order chi connectivity index (χ0) is 18.8. The summed E-state index contributed by atoms with van der Waals surface area (Å²) >= 11 is 0. The number of hydrogen-bond donors (Lipinski definition) is 1. The lowest BCUT2D eigenvalue weighted by Crippen LogP contribution is -2.46. The summed E-state index contributed by atoms with van der Waals surface area (Å²) in [5.41, 5.74) is 3.98. The summed E-state index contributed by atoms with van der Waals surface area (Å²) in [4.78, 5) is 21.0. The van der Waals surface area contributed by atoms with Gasteiger partial charge in [-0.2, -0.15) is 0 Å². The quantitative estimate of drug-likeness (QED) is 0.900. The fourth-order valence-corrected chi connectivity index (χ4v) is 4.07. The number of aryl methyl sites for hydroxylation is 2. The number of benzene rings is 1. The van der Waals surface area contributed by atoms with E-state index in [2.05, 4.69) is 35.0 Å². The van der Waals surface area contributed by atoms with Crippen LogP contribution in [0, 0.1) is 13.8 Å². The van der Waals surface area contributed by atoms with Gasteiger partial charge in [0.15, 0.2) is 0 Å². The second-order valence-corrected chi connectivity index (χ2v) is 7.68. The van der Waals surface area contributed by atoms with E-state index in [4.69, 9.17) is 9.47 Å². The minimum absolute atomic E-state index is 0.0569. The van der Waals surface area contributed by atoms with Crippen molar-refractivity contribution >= 4 is 16.8 Å². The Balaban J connectivity index is 1.50. The van der Waals surface area contributed by atoms with Gasteiger partial charge in [0.05, 0.1) is 19.3 Å². The van der Waals surface area contributed by atoms with Crippen molar-refractivity contribution in [1.82, 2.24) is 14.8 Å². The third kappa shape index (κ3) is 4.03. The standard InChI is InChI=1S/C21H29N3O3/c1-15-4-5-19-18(12-15)16(2)20(22-19)21(25)24-6-3-9-27-17(14-24)13-23-7-10-26-11-8-23/h4-5,12,17,22H,3,6-11,13-14H2,1-2H3/t17-/m0/s1. The maximum atomic E-state index is 13.3. The zero-order valence-corrected chi connectivity index (χ0v) is 16.3. The van der Waals surface area contributed by atoms with Crippen LogP contribution in [0.15, 0.2) is 18.2 Å². The molecule has 6 heteroatoms. The van der Waals surface area contributed by atoms with Crippen molar-refractivity contribution in [3.05, 3.63) is 35.0 Å². The molecule has 0 bridgehead atoms. The number of rotatable bonds is 3. The summed E-state index contributed by atoms with van der Waals surface area (Å²) in [5, 5.41) is 1.13. The van der Waals surface area contributed by atoms with Crippen LogP contribution in [0.2, 0.25) is 0 Å². The predicted octanol–water partition coefficient (Wildman–Crippen LogP) is 2.35. The van der Waals surface area contributed by atoms with Crippen LogP contribution in [-0.4, -0.2) is 79.3 Å². The van der Waals surface area contributed by atoms with Crippen LogP contribution in [0.1, 0.15) is 28.0 Å². The van der Waals surface area contributed by atoms with Crippen molar-refractivity contribution in [2.45, 2.75) is 26.4 Å². The molecule has 1 amide bonds. The highest BCUT2D eigenvalue weighted by Crippen LogP contribution is 2.24. The van der Waals surface area contributed by atoms with Crippen LogP contribution < -0.4 is 0 Å². The smallest absolute Gasteiger partial charge is 0.270 e. The number of nitrogens with zero attached hydrogens (tertiary/aromatic N) is 2. The lowest BCUT2D eigenvalue weighted by Gasteiger charge is -2.31. The van der Waals surface area contributed by atoms with Gasteiger partial charge in [-0.25, -0.2) is 0 Å². The molecule has 2 fully saturated rings. The molecule has 4 rings (SSSR count). The van der Waals surface area contributed by atoms with Crippen LogP contribution in [0.5, 0.6) is 0 Å². The van der Waals surface area contributed by atoms with Crippen LogP contribution in [-0.2, 0) is 9.47 Å². The first-order valence-corrected chi connectivity index (χ1v) is 9.92. The minimum Gasteiger partial charge on any atom is -0.379 e. The summed E-state index contributed by atoms with van der Waals surface area (Å²) in [6, 6.07) is 6.27. The first-order valence-electron chi connectivity index (χ1n) is 9.92. The van der Waals surface area contributed by atoms with E-state index in [1.807, 2.05) is 11.8 Å². The fourth-order valence-electron chi connectivity index (χ4n) is 4.07. The number of carbonyl (C=O) groups excluding carboxylic acids is 1. The molecule has 0 spiro atoms. The summed E-state index contributed by atoms with van der Waals surface area (Å²) in [6.07, 6.45) is 0.936. The third-order valence-corrected chi connectivity index (χ3v) is 5.63. The summed E-state index contributed by atoms with van der Waals surface area (Å²) in [6.45, 7) is 10.5. The number of aromatic nitrogens is 1. The molecular weight excluding hydrogens is 342 g/mol. The minimum atomic E-state index is 0.0569. The number of amides is 1. The van der Waals surface area contributed by atoms with E-state index in [1.54, 1.807) is 0 Å². The van der Waals surface area contributed by atoms with Gasteiger partial charge in [0.1, 0.15) is 5.69 Å². The number of nitrogens with one attached hydrogen (secondary N) is 1. The Bertz CT molecular complexity index is 810. The molecule has 0 aliphatic carbocycles. The number of aromatic amines is 1. The third-order valence-electron chi connectivity index (χ3n) is 5.63. The van der Waals surface area contributed by atoms with E-state index in [9.17, 15) is 4.79 Å². The highest BCUT2D eigenvalue weighted by molar-refractivity contribution is 6.01. The summed E-state index contributed by atoms with van der Waals surface area (Å²) in [7, 11) is 0. The Morgan fingerprint density at radius 2 is 2.00 bits per heavy atom. The molecule has 1 aromatic carbocycles. The first-order chi connectivity index (χ1) is 13.1. The number of ether oxygens (including phenoxy) is 2. The average Bonchev–Trinajstić information content (AvgIpc) is 2.85. The van der Waals surface area contributed by atoms with Gasteiger partial charge < -0.3 is 19.4 Å². The van der Waals surface area contributed by atoms with Gasteiger partial charge in [-0.05, 0) is 38.0 Å². The SMILES string of the molecule is Cc1ccc2[nH]c(C(=O)N3CCCO[C@@H](CN4CCOCC4)C3)c(C)c2c1. The average molecular weight is 371 g/mol. The lowest BCUT2D eigenvalue weighted by atomic mass is 10.1. The molecule has 27 heavy (non-hydrogen) atoms. The number of carbonyl (C=O) groups is 1. The Kier molecular flexibility index (Phi) is 5.48. The Hall–Kier alpha value is -1.89. The molecule has 2 aliphatic heterocycles. The van der Waals surface area contributed by atoms with Gasteiger partial charge in [-0.3, -0.25) is 9.69 Å². The molecule has 0 saturated carbocycles. The van der Waals surface area contributed by atoms with Crippen molar-refractivity contribution in [3.63, 3.8) is 0 Å². The van der Waals surface area contributed by atoms with Gasteiger partial charge in [0, 0.05) is 50.2 Å². The van der Waals surface area contributed by atoms with Crippen molar-refractivity contribution < 1.29 is 14.3 Å². The molecule has 146 valence electrons. The Labute approximate surface area is 160 Å². The molecule has 2 saturated heterocycles. The van der Waals surface area contributed by atoms with Crippen molar-refractivity contribution in [2.24, 2.45) is 0 Å². The number of fused-ring (bicyclic) bond motifs is 1. The molecule has 2 aromatic rings. The van der Waals surface area contributed by atoms with Crippen molar-refractivity contribution in [3.8, 4) is 0 Å². The molecule has 1 atom stereocenters. The van der Waals surface area contributed by atoms with E-state index < -0.39 is 0 Å².